The molecule has 152 valence electrons. The van der Waals surface area contributed by atoms with Crippen LogP contribution in [0.2, 0.25) is 10.2 Å². The lowest BCUT2D eigenvalue weighted by Crippen LogP contribution is -2.40. The smallest absolute Gasteiger partial charge is 0.270 e. The first-order valence-electron chi connectivity index (χ1n) is 8.31. The molecule has 2 aromatic rings. The molecule has 0 unspecified atom stereocenters. The average molecular weight is 449 g/mol. The van der Waals surface area contributed by atoms with E-state index in [0.717, 1.165) is 11.8 Å². The molecule has 2 heterocycles. The minimum atomic E-state index is -3.94. The minimum Gasteiger partial charge on any atom is -0.379 e. The summed E-state index contributed by atoms with van der Waals surface area (Å²) < 4.78 is 34.3. The van der Waals surface area contributed by atoms with Gasteiger partial charge in [-0.25, -0.2) is 8.42 Å². The van der Waals surface area contributed by atoms with Crippen molar-refractivity contribution in [2.24, 2.45) is 7.05 Å². The van der Waals surface area contributed by atoms with Gasteiger partial charge in [-0.3, -0.25) is 10.1 Å². The standard InChI is InChI=1S/C16H18Cl2N4O5S/c1-20-12(8-13(17)16(20)18)10-19-14-3-2-11(22(23)24)9-15(14)28(25,26)21-4-6-27-7-5-21/h2-3,8-9,19H,4-7,10H2,1H3. The summed E-state index contributed by atoms with van der Waals surface area (Å²) in [6.07, 6.45) is 0. The zero-order valence-electron chi connectivity index (χ0n) is 14.9. The van der Waals surface area contributed by atoms with E-state index in [1.807, 2.05) is 0 Å². The summed E-state index contributed by atoms with van der Waals surface area (Å²) in [4.78, 5) is 10.4. The highest BCUT2D eigenvalue weighted by atomic mass is 35.5. The van der Waals surface area contributed by atoms with Gasteiger partial charge in [-0.2, -0.15) is 4.31 Å². The number of hydrogen-bond donors (Lipinski definition) is 1. The number of sulfonamides is 1. The minimum absolute atomic E-state index is 0.157. The molecular formula is C16H18Cl2N4O5S. The molecule has 0 atom stereocenters. The van der Waals surface area contributed by atoms with Gasteiger partial charge in [0.15, 0.2) is 0 Å². The van der Waals surface area contributed by atoms with Gasteiger partial charge in [0.25, 0.3) is 5.69 Å². The molecule has 0 radical (unpaired) electrons. The van der Waals surface area contributed by atoms with E-state index in [-0.39, 0.29) is 49.1 Å². The third-order valence-corrected chi connectivity index (χ3v) is 7.22. The summed E-state index contributed by atoms with van der Waals surface area (Å²) in [5.74, 6) is 0. The molecule has 0 spiro atoms. The Bertz CT molecular complexity index is 1000. The highest BCUT2D eigenvalue weighted by molar-refractivity contribution is 7.89. The van der Waals surface area contributed by atoms with Crippen LogP contribution in [0.3, 0.4) is 0 Å². The number of hydrogen-bond acceptors (Lipinski definition) is 6. The zero-order chi connectivity index (χ0) is 20.5. The normalized spacial score (nSPS) is 15.5. The number of rotatable bonds is 6. The number of morpholine rings is 1. The van der Waals surface area contributed by atoms with E-state index in [1.54, 1.807) is 17.7 Å². The van der Waals surface area contributed by atoms with Gasteiger partial charge in [-0.05, 0) is 12.1 Å². The third-order valence-electron chi connectivity index (χ3n) is 4.44. The van der Waals surface area contributed by atoms with E-state index in [9.17, 15) is 18.5 Å². The van der Waals surface area contributed by atoms with Crippen molar-refractivity contribution in [1.29, 1.82) is 0 Å². The average Bonchev–Trinajstić information content (AvgIpc) is 2.93. The van der Waals surface area contributed by atoms with Gasteiger partial charge < -0.3 is 14.6 Å². The Kier molecular flexibility index (Phi) is 6.15. The summed E-state index contributed by atoms with van der Waals surface area (Å²) in [6.45, 7) is 1.15. The second-order valence-electron chi connectivity index (χ2n) is 6.14. The lowest BCUT2D eigenvalue weighted by Gasteiger charge is -2.27. The molecule has 0 amide bonds. The maximum absolute atomic E-state index is 13.1. The molecular weight excluding hydrogens is 431 g/mol. The number of nitro benzene ring substituents is 1. The number of halogens is 2. The molecule has 3 rings (SSSR count). The van der Waals surface area contributed by atoms with Gasteiger partial charge in [-0.15, -0.1) is 0 Å². The number of nitro groups is 1. The summed E-state index contributed by atoms with van der Waals surface area (Å²) >= 11 is 12.1. The van der Waals surface area contributed by atoms with Gasteiger partial charge in [-0.1, -0.05) is 23.2 Å². The molecule has 1 N–H and O–H groups in total. The highest BCUT2D eigenvalue weighted by Gasteiger charge is 2.30. The van der Waals surface area contributed by atoms with Crippen molar-refractivity contribution in [3.8, 4) is 0 Å². The third kappa shape index (κ3) is 4.11. The second-order valence-corrected chi connectivity index (χ2v) is 8.81. The van der Waals surface area contributed by atoms with Crippen LogP contribution in [-0.2, 0) is 28.4 Å². The van der Waals surface area contributed by atoms with Crippen LogP contribution in [0.5, 0.6) is 0 Å². The van der Waals surface area contributed by atoms with Crippen molar-refractivity contribution in [1.82, 2.24) is 8.87 Å². The van der Waals surface area contributed by atoms with Gasteiger partial charge >= 0.3 is 0 Å². The number of benzene rings is 1. The van der Waals surface area contributed by atoms with E-state index in [0.29, 0.717) is 10.2 Å². The molecule has 0 saturated carbocycles. The van der Waals surface area contributed by atoms with Gasteiger partial charge in [0.1, 0.15) is 10.0 Å². The van der Waals surface area contributed by atoms with Crippen LogP contribution in [0.1, 0.15) is 5.69 Å². The molecule has 1 aromatic heterocycles. The summed E-state index contributed by atoms with van der Waals surface area (Å²) in [7, 11) is -2.21. The van der Waals surface area contributed by atoms with Gasteiger partial charge in [0.05, 0.1) is 35.4 Å². The topological polar surface area (TPSA) is 107 Å². The molecule has 12 heteroatoms. The fourth-order valence-corrected chi connectivity index (χ4v) is 4.87. The van der Waals surface area contributed by atoms with Crippen molar-refractivity contribution in [2.45, 2.75) is 11.4 Å². The van der Waals surface area contributed by atoms with Crippen LogP contribution in [0.4, 0.5) is 11.4 Å². The van der Waals surface area contributed by atoms with Crippen molar-refractivity contribution in [3.63, 3.8) is 0 Å². The Morgan fingerprint density at radius 2 is 1.93 bits per heavy atom. The number of ether oxygens (including phenoxy) is 1. The largest absolute Gasteiger partial charge is 0.379 e. The monoisotopic (exact) mass is 448 g/mol. The van der Waals surface area contributed by atoms with Crippen LogP contribution >= 0.6 is 23.2 Å². The van der Waals surface area contributed by atoms with Gasteiger partial charge in [0, 0.05) is 38.0 Å². The molecule has 28 heavy (non-hydrogen) atoms. The Morgan fingerprint density at radius 3 is 2.50 bits per heavy atom. The Labute approximate surface area is 172 Å². The quantitative estimate of drug-likeness (QED) is 0.537. The first-order valence-corrected chi connectivity index (χ1v) is 10.5. The SMILES string of the molecule is Cn1c(CNc2ccc([N+](=O)[O-])cc2S(=O)(=O)N2CCOCC2)cc(Cl)c1Cl. The fourth-order valence-electron chi connectivity index (χ4n) is 2.85. The molecule has 1 aliphatic rings. The van der Waals surface area contributed by atoms with Crippen molar-refractivity contribution in [2.75, 3.05) is 31.6 Å². The van der Waals surface area contributed by atoms with Crippen LogP contribution < -0.4 is 5.32 Å². The summed E-state index contributed by atoms with van der Waals surface area (Å²) in [5, 5.41) is 14.9. The van der Waals surface area contributed by atoms with Crippen molar-refractivity contribution >= 4 is 44.6 Å². The second kappa shape index (κ2) is 8.26. The molecule has 1 aliphatic heterocycles. The molecule has 1 saturated heterocycles. The first kappa shape index (κ1) is 20.9. The molecule has 1 fully saturated rings. The highest BCUT2D eigenvalue weighted by Crippen LogP contribution is 2.31. The van der Waals surface area contributed by atoms with Crippen molar-refractivity contribution < 1.29 is 18.1 Å². The maximum atomic E-state index is 13.1. The number of non-ortho nitro benzene ring substituents is 1. The van der Waals surface area contributed by atoms with E-state index in [2.05, 4.69) is 5.32 Å². The lowest BCUT2D eigenvalue weighted by molar-refractivity contribution is -0.385. The first-order chi connectivity index (χ1) is 13.2. The van der Waals surface area contributed by atoms with E-state index < -0.39 is 14.9 Å². The number of nitrogens with one attached hydrogen (secondary N) is 1. The van der Waals surface area contributed by atoms with Crippen LogP contribution in [0.15, 0.2) is 29.2 Å². The van der Waals surface area contributed by atoms with Crippen LogP contribution in [-0.4, -0.2) is 48.5 Å². The Hall–Kier alpha value is -1.85. The van der Waals surface area contributed by atoms with E-state index in [1.165, 1.54) is 16.4 Å². The molecule has 0 aliphatic carbocycles. The zero-order valence-corrected chi connectivity index (χ0v) is 17.2. The maximum Gasteiger partial charge on any atom is 0.270 e. The van der Waals surface area contributed by atoms with E-state index >= 15 is 0 Å². The predicted octanol–water partition coefficient (Wildman–Crippen LogP) is 2.87. The van der Waals surface area contributed by atoms with E-state index in [4.69, 9.17) is 27.9 Å². The van der Waals surface area contributed by atoms with Crippen LogP contribution in [0.25, 0.3) is 0 Å². The van der Waals surface area contributed by atoms with Gasteiger partial charge in [0.2, 0.25) is 10.0 Å². The lowest BCUT2D eigenvalue weighted by atomic mass is 10.2. The Morgan fingerprint density at radius 1 is 1.25 bits per heavy atom. The fraction of sp³-hybridized carbons (Fsp3) is 0.375. The molecule has 1 aromatic carbocycles. The summed E-state index contributed by atoms with van der Waals surface area (Å²) in [5.41, 5.74) is 0.677. The van der Waals surface area contributed by atoms with Crippen LogP contribution in [0, 0.1) is 10.1 Å². The Balaban J connectivity index is 1.96. The number of nitrogens with zero attached hydrogens (tertiary/aromatic N) is 3. The number of anilines is 1. The molecule has 9 nitrogen and oxygen atoms in total. The molecule has 0 bridgehead atoms. The predicted molar refractivity (Wildman–Crippen MR) is 105 cm³/mol. The summed E-state index contributed by atoms with van der Waals surface area (Å²) in [6, 6.07) is 5.37. The van der Waals surface area contributed by atoms with Crippen molar-refractivity contribution in [3.05, 3.63) is 50.2 Å². The number of aromatic nitrogens is 1.